The van der Waals surface area contributed by atoms with Crippen LogP contribution in [-0.2, 0) is 4.74 Å². The fourth-order valence-corrected chi connectivity index (χ4v) is 3.11. The van der Waals surface area contributed by atoms with E-state index in [1.165, 1.54) is 6.20 Å². The highest BCUT2D eigenvalue weighted by atomic mass is 16.5. The van der Waals surface area contributed by atoms with Crippen molar-refractivity contribution in [2.45, 2.75) is 5.92 Å². The van der Waals surface area contributed by atoms with E-state index in [0.29, 0.717) is 19.7 Å². The Hall–Kier alpha value is -2.47. The number of nitrogens with one attached hydrogen (secondary N) is 1. The SMILES string of the molecule is COC[C@@H]1CN(C(=O)c2ccc[nH]c2=O)C[C@H]1c1ccccn1. The van der Waals surface area contributed by atoms with Gasteiger partial charge in [-0.3, -0.25) is 14.6 Å². The number of H-pyrrole nitrogens is 1. The number of carbonyl (C=O) groups is 1. The number of amides is 1. The van der Waals surface area contributed by atoms with Gasteiger partial charge in [-0.15, -0.1) is 0 Å². The summed E-state index contributed by atoms with van der Waals surface area (Å²) in [5.74, 6) is 0.0379. The van der Waals surface area contributed by atoms with E-state index in [1.54, 1.807) is 30.3 Å². The third kappa shape index (κ3) is 3.17. The molecule has 6 nitrogen and oxygen atoms in total. The Bertz CT molecular complexity index is 729. The summed E-state index contributed by atoms with van der Waals surface area (Å²) in [6, 6.07) is 9.00. The lowest BCUT2D eigenvalue weighted by Gasteiger charge is -2.16. The fourth-order valence-electron chi connectivity index (χ4n) is 3.11. The molecule has 23 heavy (non-hydrogen) atoms. The number of hydrogen-bond acceptors (Lipinski definition) is 4. The van der Waals surface area contributed by atoms with Gasteiger partial charge in [-0.25, -0.2) is 0 Å². The van der Waals surface area contributed by atoms with Crippen molar-refractivity contribution in [2.75, 3.05) is 26.8 Å². The molecule has 0 bridgehead atoms. The third-order valence-corrected chi connectivity index (χ3v) is 4.23. The summed E-state index contributed by atoms with van der Waals surface area (Å²) in [6.07, 6.45) is 3.28. The van der Waals surface area contributed by atoms with Crippen LogP contribution in [0.4, 0.5) is 0 Å². The zero-order valence-electron chi connectivity index (χ0n) is 12.9. The Morgan fingerprint density at radius 3 is 2.91 bits per heavy atom. The zero-order chi connectivity index (χ0) is 16.2. The summed E-state index contributed by atoms with van der Waals surface area (Å²) in [6.45, 7) is 1.65. The van der Waals surface area contributed by atoms with E-state index in [9.17, 15) is 9.59 Å². The van der Waals surface area contributed by atoms with Crippen LogP contribution in [0.15, 0.2) is 47.5 Å². The van der Waals surface area contributed by atoms with Crippen molar-refractivity contribution in [3.05, 3.63) is 64.3 Å². The molecule has 2 atom stereocenters. The average Bonchev–Trinajstić information content (AvgIpc) is 3.00. The van der Waals surface area contributed by atoms with Gasteiger partial charge in [0.2, 0.25) is 0 Å². The number of hydrogen-bond donors (Lipinski definition) is 1. The number of ether oxygens (including phenoxy) is 1. The lowest BCUT2D eigenvalue weighted by Crippen LogP contribution is -2.33. The van der Waals surface area contributed by atoms with E-state index < -0.39 is 0 Å². The highest BCUT2D eigenvalue weighted by molar-refractivity contribution is 5.94. The van der Waals surface area contributed by atoms with Crippen LogP contribution < -0.4 is 5.56 Å². The molecular formula is C17H19N3O3. The van der Waals surface area contributed by atoms with Crippen molar-refractivity contribution < 1.29 is 9.53 Å². The molecule has 1 aliphatic heterocycles. The monoisotopic (exact) mass is 313 g/mol. The lowest BCUT2D eigenvalue weighted by molar-refractivity contribution is 0.0773. The molecule has 3 heterocycles. The lowest BCUT2D eigenvalue weighted by atomic mass is 9.93. The predicted octanol–water partition coefficient (Wildman–Crippen LogP) is 1.27. The van der Waals surface area contributed by atoms with Crippen molar-refractivity contribution in [1.82, 2.24) is 14.9 Å². The molecule has 1 amide bonds. The first-order chi connectivity index (χ1) is 11.2. The highest BCUT2D eigenvalue weighted by Crippen LogP contribution is 2.32. The average molecular weight is 313 g/mol. The molecular weight excluding hydrogens is 294 g/mol. The topological polar surface area (TPSA) is 75.3 Å². The van der Waals surface area contributed by atoms with Gasteiger partial charge in [0, 0.05) is 50.1 Å². The van der Waals surface area contributed by atoms with Gasteiger partial charge >= 0.3 is 0 Å². The minimum Gasteiger partial charge on any atom is -0.384 e. The number of aromatic amines is 1. The first-order valence-corrected chi connectivity index (χ1v) is 7.57. The molecule has 1 aliphatic rings. The molecule has 120 valence electrons. The van der Waals surface area contributed by atoms with Gasteiger partial charge in [0.05, 0.1) is 6.61 Å². The van der Waals surface area contributed by atoms with Crippen LogP contribution >= 0.6 is 0 Å². The molecule has 0 aliphatic carbocycles. The van der Waals surface area contributed by atoms with E-state index in [4.69, 9.17) is 4.74 Å². The van der Waals surface area contributed by atoms with Crippen LogP contribution in [0.1, 0.15) is 22.0 Å². The maximum Gasteiger partial charge on any atom is 0.260 e. The van der Waals surface area contributed by atoms with Crippen LogP contribution in [-0.4, -0.2) is 47.6 Å². The Morgan fingerprint density at radius 1 is 1.35 bits per heavy atom. The van der Waals surface area contributed by atoms with E-state index in [2.05, 4.69) is 9.97 Å². The normalized spacial score (nSPS) is 20.7. The maximum atomic E-state index is 12.6. The second kappa shape index (κ2) is 6.75. The zero-order valence-corrected chi connectivity index (χ0v) is 12.9. The van der Waals surface area contributed by atoms with Crippen LogP contribution in [0.2, 0.25) is 0 Å². The number of aromatic nitrogens is 2. The summed E-state index contributed by atoms with van der Waals surface area (Å²) >= 11 is 0. The molecule has 1 N–H and O–H groups in total. The van der Waals surface area contributed by atoms with Gasteiger partial charge in [-0.05, 0) is 24.3 Å². The van der Waals surface area contributed by atoms with Gasteiger partial charge in [-0.1, -0.05) is 6.07 Å². The second-order valence-corrected chi connectivity index (χ2v) is 5.70. The van der Waals surface area contributed by atoms with Crippen LogP contribution in [0, 0.1) is 5.92 Å². The van der Waals surface area contributed by atoms with Crippen LogP contribution in [0.5, 0.6) is 0 Å². The highest BCUT2D eigenvalue weighted by Gasteiger charge is 2.37. The molecule has 6 heteroatoms. The molecule has 0 saturated carbocycles. The molecule has 2 aromatic heterocycles. The minimum atomic E-state index is -0.359. The van der Waals surface area contributed by atoms with Gasteiger partial charge in [-0.2, -0.15) is 0 Å². The van der Waals surface area contributed by atoms with Crippen molar-refractivity contribution >= 4 is 5.91 Å². The van der Waals surface area contributed by atoms with Gasteiger partial charge in [0.1, 0.15) is 5.56 Å². The smallest absolute Gasteiger partial charge is 0.260 e. The first-order valence-electron chi connectivity index (χ1n) is 7.57. The molecule has 1 saturated heterocycles. The first kappa shape index (κ1) is 15.4. The number of likely N-dealkylation sites (tertiary alicyclic amines) is 1. The van der Waals surface area contributed by atoms with Crippen molar-refractivity contribution in [3.8, 4) is 0 Å². The Balaban J connectivity index is 1.84. The minimum absolute atomic E-state index is 0.114. The fraction of sp³-hybridized carbons (Fsp3) is 0.353. The molecule has 0 radical (unpaired) electrons. The van der Waals surface area contributed by atoms with Crippen molar-refractivity contribution in [2.24, 2.45) is 5.92 Å². The molecule has 0 aromatic carbocycles. The van der Waals surface area contributed by atoms with Gasteiger partial charge in [0.25, 0.3) is 11.5 Å². The Labute approximate surface area is 134 Å². The maximum absolute atomic E-state index is 12.6. The number of pyridine rings is 2. The molecule has 2 aromatic rings. The summed E-state index contributed by atoms with van der Waals surface area (Å²) in [7, 11) is 1.65. The van der Waals surface area contributed by atoms with Crippen molar-refractivity contribution in [1.29, 1.82) is 0 Å². The Kier molecular flexibility index (Phi) is 4.52. The summed E-state index contributed by atoms with van der Waals surface area (Å²) < 4.78 is 5.30. The second-order valence-electron chi connectivity index (χ2n) is 5.70. The number of rotatable bonds is 4. The van der Waals surface area contributed by atoms with Gasteiger partial charge < -0.3 is 14.6 Å². The van der Waals surface area contributed by atoms with E-state index in [1.807, 2.05) is 18.2 Å². The number of nitrogens with zero attached hydrogens (tertiary/aromatic N) is 2. The molecule has 0 spiro atoms. The molecule has 1 fully saturated rings. The third-order valence-electron chi connectivity index (χ3n) is 4.23. The quantitative estimate of drug-likeness (QED) is 0.922. The number of methoxy groups -OCH3 is 1. The number of carbonyl (C=O) groups excluding carboxylic acids is 1. The molecule has 3 rings (SSSR count). The summed E-state index contributed by atoms with van der Waals surface area (Å²) in [5.41, 5.74) is 0.763. The van der Waals surface area contributed by atoms with E-state index in [-0.39, 0.29) is 28.9 Å². The standard InChI is InChI=1S/C17H19N3O3/c1-23-11-12-9-20(10-14(12)15-6-2-3-7-18-15)17(22)13-5-4-8-19-16(13)21/h2-8,12,14H,9-11H2,1H3,(H,19,21)/t12-,14+/m0/s1. The van der Waals surface area contributed by atoms with Crippen LogP contribution in [0.25, 0.3) is 0 Å². The van der Waals surface area contributed by atoms with E-state index in [0.717, 1.165) is 5.69 Å². The predicted molar refractivity (Wildman–Crippen MR) is 85.3 cm³/mol. The van der Waals surface area contributed by atoms with E-state index >= 15 is 0 Å². The van der Waals surface area contributed by atoms with Crippen molar-refractivity contribution in [3.63, 3.8) is 0 Å². The van der Waals surface area contributed by atoms with Crippen LogP contribution in [0.3, 0.4) is 0 Å². The summed E-state index contributed by atoms with van der Waals surface area (Å²) in [5, 5.41) is 0. The van der Waals surface area contributed by atoms with Gasteiger partial charge in [0.15, 0.2) is 0 Å². The largest absolute Gasteiger partial charge is 0.384 e. The molecule has 0 unspecified atom stereocenters. The summed E-state index contributed by atoms with van der Waals surface area (Å²) in [4.78, 5) is 33.2. The Morgan fingerprint density at radius 2 is 2.22 bits per heavy atom.